The number of pyridine rings is 1. The maximum atomic E-state index is 11.3. The van der Waals surface area contributed by atoms with Crippen LogP contribution in [0.5, 0.6) is 0 Å². The average Bonchev–Trinajstić information content (AvgIpc) is 2.12. The number of nitrogen functional groups attached to an aromatic ring is 1. The van der Waals surface area contributed by atoms with Crippen molar-refractivity contribution in [2.75, 3.05) is 5.73 Å². The van der Waals surface area contributed by atoms with E-state index in [1.54, 1.807) is 18.2 Å². The molecule has 3 N–H and O–H groups in total. The Labute approximate surface area is 95.0 Å². The van der Waals surface area contributed by atoms with Crippen molar-refractivity contribution in [3.63, 3.8) is 0 Å². The minimum Gasteiger partial charge on any atom is -0.444 e. The van der Waals surface area contributed by atoms with Crippen molar-refractivity contribution in [1.82, 2.24) is 10.3 Å². The lowest BCUT2D eigenvalue weighted by atomic mass is 10.2. The van der Waals surface area contributed by atoms with Gasteiger partial charge in [0.15, 0.2) is 0 Å². The van der Waals surface area contributed by atoms with Gasteiger partial charge in [0.1, 0.15) is 11.4 Å². The number of amides is 1. The number of hydrogen-bond donors (Lipinski definition) is 2. The van der Waals surface area contributed by atoms with Gasteiger partial charge in [-0.1, -0.05) is 6.07 Å². The summed E-state index contributed by atoms with van der Waals surface area (Å²) in [7, 11) is 0. The van der Waals surface area contributed by atoms with Crippen LogP contribution in [0.25, 0.3) is 0 Å². The number of nitrogens with two attached hydrogens (primary N) is 1. The molecule has 1 aromatic rings. The number of carbonyl (C=O) groups excluding carboxylic acids is 1. The topological polar surface area (TPSA) is 77.2 Å². The van der Waals surface area contributed by atoms with Gasteiger partial charge in [0.2, 0.25) is 0 Å². The minimum absolute atomic E-state index is 0.306. The lowest BCUT2D eigenvalue weighted by Crippen LogP contribution is -2.32. The molecule has 1 heterocycles. The smallest absolute Gasteiger partial charge is 0.407 e. The molecule has 16 heavy (non-hydrogen) atoms. The first-order valence-electron chi connectivity index (χ1n) is 5.05. The number of nitrogens with zero attached hydrogens (tertiary/aromatic N) is 1. The Morgan fingerprint density at radius 3 is 2.75 bits per heavy atom. The third-order valence-electron chi connectivity index (χ3n) is 1.64. The Balaban J connectivity index is 2.43. The monoisotopic (exact) mass is 223 g/mol. The Morgan fingerprint density at radius 1 is 1.50 bits per heavy atom. The predicted molar refractivity (Wildman–Crippen MR) is 61.7 cm³/mol. The van der Waals surface area contributed by atoms with Crippen molar-refractivity contribution in [1.29, 1.82) is 0 Å². The van der Waals surface area contributed by atoms with E-state index in [2.05, 4.69) is 10.3 Å². The molecule has 0 aromatic carbocycles. The van der Waals surface area contributed by atoms with Crippen LogP contribution in [0.4, 0.5) is 10.6 Å². The molecule has 1 rings (SSSR count). The second kappa shape index (κ2) is 4.83. The Bertz CT molecular complexity index is 372. The number of rotatable bonds is 2. The number of nitrogens with one attached hydrogen (secondary N) is 1. The zero-order valence-corrected chi connectivity index (χ0v) is 9.78. The van der Waals surface area contributed by atoms with Crippen LogP contribution in [0, 0.1) is 0 Å². The minimum atomic E-state index is -0.493. The molecule has 0 bridgehead atoms. The normalized spacial score (nSPS) is 10.9. The molecule has 0 aliphatic carbocycles. The highest BCUT2D eigenvalue weighted by molar-refractivity contribution is 5.67. The van der Waals surface area contributed by atoms with E-state index >= 15 is 0 Å². The lowest BCUT2D eigenvalue weighted by molar-refractivity contribution is 0.0523. The van der Waals surface area contributed by atoms with E-state index in [4.69, 9.17) is 10.5 Å². The summed E-state index contributed by atoms with van der Waals surface area (Å²) in [5.74, 6) is 0.434. The van der Waals surface area contributed by atoms with Crippen molar-refractivity contribution in [2.45, 2.75) is 32.9 Å². The second-order valence-electron chi connectivity index (χ2n) is 4.41. The van der Waals surface area contributed by atoms with Gasteiger partial charge in [0.05, 0.1) is 12.2 Å². The highest BCUT2D eigenvalue weighted by Gasteiger charge is 2.15. The van der Waals surface area contributed by atoms with E-state index in [1.165, 1.54) is 0 Å². The van der Waals surface area contributed by atoms with Gasteiger partial charge >= 0.3 is 6.09 Å². The number of hydrogen-bond acceptors (Lipinski definition) is 4. The van der Waals surface area contributed by atoms with Crippen LogP contribution in [0.15, 0.2) is 18.2 Å². The van der Waals surface area contributed by atoms with Gasteiger partial charge in [-0.05, 0) is 32.9 Å². The third-order valence-corrected chi connectivity index (χ3v) is 1.64. The maximum absolute atomic E-state index is 11.3. The highest BCUT2D eigenvalue weighted by atomic mass is 16.6. The summed E-state index contributed by atoms with van der Waals surface area (Å²) >= 11 is 0. The number of alkyl carbamates (subject to hydrolysis) is 1. The molecule has 0 aliphatic heterocycles. The van der Waals surface area contributed by atoms with Gasteiger partial charge < -0.3 is 15.8 Å². The zero-order valence-electron chi connectivity index (χ0n) is 9.78. The van der Waals surface area contributed by atoms with Gasteiger partial charge in [-0.25, -0.2) is 9.78 Å². The average molecular weight is 223 g/mol. The van der Waals surface area contributed by atoms with Crippen LogP contribution >= 0.6 is 0 Å². The van der Waals surface area contributed by atoms with Crippen molar-refractivity contribution >= 4 is 11.9 Å². The molecule has 0 radical (unpaired) electrons. The fraction of sp³-hybridized carbons (Fsp3) is 0.455. The largest absolute Gasteiger partial charge is 0.444 e. The highest BCUT2D eigenvalue weighted by Crippen LogP contribution is 2.07. The third kappa shape index (κ3) is 4.63. The molecule has 1 aromatic heterocycles. The van der Waals surface area contributed by atoms with Crippen LogP contribution in [0.1, 0.15) is 26.5 Å². The lowest BCUT2D eigenvalue weighted by Gasteiger charge is -2.19. The summed E-state index contributed by atoms with van der Waals surface area (Å²) in [6.45, 7) is 5.74. The van der Waals surface area contributed by atoms with Crippen LogP contribution < -0.4 is 11.1 Å². The van der Waals surface area contributed by atoms with E-state index < -0.39 is 11.7 Å². The molecule has 0 atom stereocenters. The molecular formula is C11H17N3O2. The summed E-state index contributed by atoms with van der Waals surface area (Å²) in [6, 6.07) is 5.26. The summed E-state index contributed by atoms with van der Waals surface area (Å²) in [4.78, 5) is 15.4. The van der Waals surface area contributed by atoms with Crippen molar-refractivity contribution in [2.24, 2.45) is 0 Å². The van der Waals surface area contributed by atoms with Gasteiger partial charge in [0.25, 0.3) is 0 Å². The Morgan fingerprint density at radius 2 is 2.19 bits per heavy atom. The first-order valence-corrected chi connectivity index (χ1v) is 5.05. The molecule has 1 amide bonds. The van der Waals surface area contributed by atoms with Gasteiger partial charge in [-0.2, -0.15) is 0 Å². The molecule has 5 heteroatoms. The number of carbonyl (C=O) groups is 1. The van der Waals surface area contributed by atoms with Gasteiger partial charge in [-0.3, -0.25) is 0 Å². The quantitative estimate of drug-likeness (QED) is 0.799. The maximum Gasteiger partial charge on any atom is 0.407 e. The SMILES string of the molecule is CC(C)(C)OC(=O)NCc1cccc(N)n1. The molecule has 0 unspecified atom stereocenters. The van der Waals surface area contributed by atoms with Crippen molar-refractivity contribution in [3.05, 3.63) is 23.9 Å². The van der Waals surface area contributed by atoms with E-state index in [9.17, 15) is 4.79 Å². The summed E-state index contributed by atoms with van der Waals surface area (Å²) < 4.78 is 5.08. The molecule has 0 spiro atoms. The van der Waals surface area contributed by atoms with Crippen LogP contribution in [-0.4, -0.2) is 16.7 Å². The van der Waals surface area contributed by atoms with Crippen LogP contribution in [0.3, 0.4) is 0 Å². The van der Waals surface area contributed by atoms with Crippen LogP contribution in [-0.2, 0) is 11.3 Å². The first kappa shape index (κ1) is 12.3. The van der Waals surface area contributed by atoms with Crippen LogP contribution in [0.2, 0.25) is 0 Å². The molecule has 0 fully saturated rings. The van der Waals surface area contributed by atoms with Crippen molar-refractivity contribution < 1.29 is 9.53 Å². The molecule has 0 saturated heterocycles. The molecular weight excluding hydrogens is 206 g/mol. The molecule has 5 nitrogen and oxygen atoms in total. The van der Waals surface area contributed by atoms with E-state index in [0.29, 0.717) is 18.1 Å². The standard InChI is InChI=1S/C11H17N3O2/c1-11(2,3)16-10(15)13-7-8-5-4-6-9(12)14-8/h4-6H,7H2,1-3H3,(H2,12,14)(H,13,15). The fourth-order valence-electron chi connectivity index (χ4n) is 1.07. The molecule has 0 aliphatic rings. The first-order chi connectivity index (χ1) is 7.37. The number of aromatic nitrogens is 1. The Kier molecular flexibility index (Phi) is 3.71. The summed E-state index contributed by atoms with van der Waals surface area (Å²) in [5, 5.41) is 2.60. The zero-order chi connectivity index (χ0) is 12.2. The molecule has 0 saturated carbocycles. The van der Waals surface area contributed by atoms with E-state index in [0.717, 1.165) is 0 Å². The summed E-state index contributed by atoms with van der Waals surface area (Å²) in [6.07, 6.45) is -0.461. The Hall–Kier alpha value is -1.78. The van der Waals surface area contributed by atoms with Gasteiger partial charge in [-0.15, -0.1) is 0 Å². The summed E-state index contributed by atoms with van der Waals surface area (Å²) in [5.41, 5.74) is 5.72. The number of ether oxygens (including phenoxy) is 1. The fourth-order valence-corrected chi connectivity index (χ4v) is 1.07. The second-order valence-corrected chi connectivity index (χ2v) is 4.41. The van der Waals surface area contributed by atoms with Crippen molar-refractivity contribution in [3.8, 4) is 0 Å². The van der Waals surface area contributed by atoms with Gasteiger partial charge in [0, 0.05) is 0 Å². The van der Waals surface area contributed by atoms with E-state index in [1.807, 2.05) is 20.8 Å². The number of anilines is 1. The van der Waals surface area contributed by atoms with E-state index in [-0.39, 0.29) is 0 Å². The molecule has 88 valence electrons. The predicted octanol–water partition coefficient (Wildman–Crippen LogP) is 1.69.